The zero-order chi connectivity index (χ0) is 19.8. The van der Waals surface area contributed by atoms with Crippen molar-refractivity contribution in [2.75, 3.05) is 10.6 Å². The van der Waals surface area contributed by atoms with Crippen LogP contribution in [0.2, 0.25) is 5.02 Å². The van der Waals surface area contributed by atoms with Crippen molar-refractivity contribution in [3.05, 3.63) is 83.1 Å². The van der Waals surface area contributed by atoms with Gasteiger partial charge in [0, 0.05) is 5.56 Å². The Morgan fingerprint density at radius 3 is 1.83 bits per heavy atom. The molecule has 29 heavy (non-hydrogen) atoms. The second-order valence-corrected chi connectivity index (χ2v) is 8.80. The van der Waals surface area contributed by atoms with Crippen LogP contribution in [0.15, 0.2) is 66.7 Å². The molecule has 5 aromatic rings. The largest absolute Gasteiger partial charge is 0.337 e. The number of para-hydroxylation sites is 2. The number of hydrogen-bond donors (Lipinski definition) is 2. The number of thiazole rings is 2. The Hall–Kier alpha value is -2.74. The van der Waals surface area contributed by atoms with E-state index in [2.05, 4.69) is 20.6 Å². The number of aromatic nitrogens is 2. The highest BCUT2D eigenvalue weighted by Crippen LogP contribution is 2.35. The zero-order valence-corrected chi connectivity index (χ0v) is 17.3. The third-order valence-electron chi connectivity index (χ3n) is 4.41. The van der Waals surface area contributed by atoms with Crippen LogP contribution >= 0.6 is 34.3 Å². The molecule has 3 aromatic carbocycles. The minimum absolute atomic E-state index is 0.327. The number of halogens is 2. The van der Waals surface area contributed by atoms with E-state index in [-0.39, 0.29) is 0 Å². The molecule has 5 rings (SSSR count). The Kier molecular flexibility index (Phi) is 4.79. The molecule has 0 saturated heterocycles. The van der Waals surface area contributed by atoms with Gasteiger partial charge in [0.05, 0.1) is 25.5 Å². The number of rotatable bonds is 5. The molecular weight excluding hydrogens is 427 g/mol. The van der Waals surface area contributed by atoms with Crippen molar-refractivity contribution in [1.82, 2.24) is 9.97 Å². The van der Waals surface area contributed by atoms with Gasteiger partial charge in [0.25, 0.3) is 0 Å². The van der Waals surface area contributed by atoms with Crippen molar-refractivity contribution >= 4 is 65.0 Å². The summed E-state index contributed by atoms with van der Waals surface area (Å²) in [4.78, 5) is 9.21. The molecule has 0 bridgehead atoms. The van der Waals surface area contributed by atoms with E-state index in [9.17, 15) is 4.39 Å². The van der Waals surface area contributed by atoms with Crippen LogP contribution < -0.4 is 10.6 Å². The van der Waals surface area contributed by atoms with Crippen molar-refractivity contribution in [2.24, 2.45) is 0 Å². The third-order valence-corrected chi connectivity index (χ3v) is 6.68. The van der Waals surface area contributed by atoms with E-state index in [0.717, 1.165) is 20.4 Å². The first-order valence-corrected chi connectivity index (χ1v) is 10.9. The van der Waals surface area contributed by atoms with Crippen LogP contribution in [-0.2, 0) is 0 Å². The van der Waals surface area contributed by atoms with Crippen LogP contribution in [0.1, 0.15) is 11.7 Å². The van der Waals surface area contributed by atoms with Gasteiger partial charge in [-0.3, -0.25) is 0 Å². The number of anilines is 2. The van der Waals surface area contributed by atoms with Crippen molar-refractivity contribution in [3.63, 3.8) is 0 Å². The Labute approximate surface area is 179 Å². The Morgan fingerprint density at radius 1 is 0.759 bits per heavy atom. The van der Waals surface area contributed by atoms with E-state index < -0.39 is 12.0 Å². The van der Waals surface area contributed by atoms with Gasteiger partial charge in [0.2, 0.25) is 0 Å². The van der Waals surface area contributed by atoms with Crippen LogP contribution in [0.5, 0.6) is 0 Å². The van der Waals surface area contributed by atoms with Crippen molar-refractivity contribution in [2.45, 2.75) is 6.17 Å². The lowest BCUT2D eigenvalue weighted by atomic mass is 10.1. The summed E-state index contributed by atoms with van der Waals surface area (Å²) in [5.41, 5.74) is 2.10. The monoisotopic (exact) mass is 440 g/mol. The fraction of sp³-hybridized carbons (Fsp3) is 0.0476. The van der Waals surface area contributed by atoms with Gasteiger partial charge in [0.15, 0.2) is 10.3 Å². The fourth-order valence-corrected chi connectivity index (χ4v) is 5.14. The van der Waals surface area contributed by atoms with E-state index in [1.165, 1.54) is 28.7 Å². The summed E-state index contributed by atoms with van der Waals surface area (Å²) >= 11 is 9.37. The van der Waals surface area contributed by atoms with Crippen LogP contribution in [0.3, 0.4) is 0 Å². The molecule has 0 aliphatic heterocycles. The molecule has 0 saturated carbocycles. The van der Waals surface area contributed by atoms with Gasteiger partial charge in [-0.1, -0.05) is 64.6 Å². The molecule has 0 unspecified atom stereocenters. The molecule has 0 atom stereocenters. The van der Waals surface area contributed by atoms with Gasteiger partial charge in [-0.05, 0) is 36.4 Å². The molecule has 2 heterocycles. The number of hydrogen-bond acceptors (Lipinski definition) is 6. The van der Waals surface area contributed by atoms with Gasteiger partial charge >= 0.3 is 0 Å². The number of benzene rings is 3. The minimum atomic E-state index is -0.634. The minimum Gasteiger partial charge on any atom is -0.337 e. The molecule has 0 spiro atoms. The molecule has 0 aliphatic carbocycles. The van der Waals surface area contributed by atoms with Crippen LogP contribution in [-0.4, -0.2) is 9.97 Å². The molecule has 0 aliphatic rings. The Balaban J connectivity index is 1.54. The lowest BCUT2D eigenvalue weighted by molar-refractivity contribution is 0.602. The number of nitrogens with zero attached hydrogens (tertiary/aromatic N) is 2. The van der Waals surface area contributed by atoms with Gasteiger partial charge in [-0.15, -0.1) is 0 Å². The van der Waals surface area contributed by atoms with Crippen LogP contribution in [0, 0.1) is 5.82 Å². The first-order chi connectivity index (χ1) is 14.2. The summed E-state index contributed by atoms with van der Waals surface area (Å²) in [7, 11) is 0. The summed E-state index contributed by atoms with van der Waals surface area (Å²) in [5, 5.41) is 8.27. The Bertz CT molecular complexity index is 1150. The normalized spacial score (nSPS) is 11.4. The van der Waals surface area contributed by atoms with Gasteiger partial charge in [-0.25, -0.2) is 14.4 Å². The molecule has 2 aromatic heterocycles. The average Bonchev–Trinajstić information content (AvgIpc) is 3.30. The zero-order valence-electron chi connectivity index (χ0n) is 14.9. The number of fused-ring (bicyclic) bond motifs is 2. The quantitative estimate of drug-likeness (QED) is 0.291. The van der Waals surface area contributed by atoms with Gasteiger partial charge in [0.1, 0.15) is 12.0 Å². The van der Waals surface area contributed by atoms with Crippen LogP contribution in [0.4, 0.5) is 14.7 Å². The van der Waals surface area contributed by atoms with E-state index >= 15 is 0 Å². The highest BCUT2D eigenvalue weighted by molar-refractivity contribution is 7.22. The topological polar surface area (TPSA) is 49.8 Å². The third kappa shape index (κ3) is 3.64. The SMILES string of the molecule is Fc1cccc(Cl)c1C(Nc1nc2ccccc2s1)Nc1nc2ccccc2s1. The van der Waals surface area contributed by atoms with Gasteiger partial charge < -0.3 is 10.6 Å². The molecule has 0 radical (unpaired) electrons. The van der Waals surface area contributed by atoms with Crippen molar-refractivity contribution in [3.8, 4) is 0 Å². The fourth-order valence-electron chi connectivity index (χ4n) is 3.08. The Morgan fingerprint density at radius 2 is 1.31 bits per heavy atom. The van der Waals surface area contributed by atoms with E-state index in [4.69, 9.17) is 11.6 Å². The molecular formula is C21H14ClFN4S2. The first-order valence-electron chi connectivity index (χ1n) is 8.85. The predicted octanol–water partition coefficient (Wildman–Crippen LogP) is 6.92. The van der Waals surface area contributed by atoms with Crippen molar-refractivity contribution < 1.29 is 4.39 Å². The maximum absolute atomic E-state index is 14.7. The summed E-state index contributed by atoms with van der Waals surface area (Å²) in [6.45, 7) is 0. The van der Waals surface area contributed by atoms with E-state index in [1.807, 2.05) is 48.5 Å². The summed E-state index contributed by atoms with van der Waals surface area (Å²) < 4.78 is 16.8. The van der Waals surface area contributed by atoms with E-state index in [1.54, 1.807) is 12.1 Å². The van der Waals surface area contributed by atoms with Gasteiger partial charge in [-0.2, -0.15) is 0 Å². The summed E-state index contributed by atoms with van der Waals surface area (Å²) in [6, 6.07) is 20.4. The average molecular weight is 441 g/mol. The lowest BCUT2D eigenvalue weighted by Gasteiger charge is -2.21. The summed E-state index contributed by atoms with van der Waals surface area (Å²) in [5.74, 6) is -0.398. The molecule has 8 heteroatoms. The van der Waals surface area contributed by atoms with Crippen LogP contribution in [0.25, 0.3) is 20.4 Å². The molecule has 4 nitrogen and oxygen atoms in total. The first kappa shape index (κ1) is 18.3. The standard InChI is InChI=1S/C21H14ClFN4S2/c22-12-6-5-7-13(23)18(12)19(26-20-24-14-8-1-3-10-16(14)28-20)27-21-25-15-9-2-4-11-17(15)29-21/h1-11,19H,(H,24,26)(H,25,27). The molecule has 144 valence electrons. The number of nitrogens with one attached hydrogen (secondary N) is 2. The van der Waals surface area contributed by atoms with Crippen molar-refractivity contribution in [1.29, 1.82) is 0 Å². The second kappa shape index (κ2) is 7.59. The lowest BCUT2D eigenvalue weighted by Crippen LogP contribution is -2.21. The molecule has 2 N–H and O–H groups in total. The second-order valence-electron chi connectivity index (χ2n) is 6.33. The molecule has 0 fully saturated rings. The highest BCUT2D eigenvalue weighted by atomic mass is 35.5. The highest BCUT2D eigenvalue weighted by Gasteiger charge is 2.22. The maximum Gasteiger partial charge on any atom is 0.185 e. The maximum atomic E-state index is 14.7. The van der Waals surface area contributed by atoms with E-state index in [0.29, 0.717) is 20.8 Å². The predicted molar refractivity (Wildman–Crippen MR) is 121 cm³/mol. The molecule has 0 amide bonds. The summed E-state index contributed by atoms with van der Waals surface area (Å²) in [6.07, 6.45) is -0.634. The smallest absolute Gasteiger partial charge is 0.185 e.